The molecule has 290 valence electrons. The molecule has 2 unspecified atom stereocenters. The van der Waals surface area contributed by atoms with Gasteiger partial charge in [0.1, 0.15) is 0 Å². The smallest absolute Gasteiger partial charge is 0.305 e. The molecule has 0 rings (SSSR count). The van der Waals surface area contributed by atoms with Gasteiger partial charge in [0.05, 0.1) is 33.9 Å². The maximum atomic E-state index is 11.9. The van der Waals surface area contributed by atoms with Crippen LogP contribution >= 0.6 is 0 Å². The van der Waals surface area contributed by atoms with E-state index in [0.29, 0.717) is 44.4 Å². The number of hydroxylamine groups is 3. The summed E-state index contributed by atoms with van der Waals surface area (Å²) in [5.41, 5.74) is 0. The van der Waals surface area contributed by atoms with Crippen LogP contribution in [-0.2, 0) is 19.1 Å². The predicted octanol–water partition coefficient (Wildman–Crippen LogP) is 11.5. The summed E-state index contributed by atoms with van der Waals surface area (Å²) < 4.78 is 10.8. The third-order valence-corrected chi connectivity index (χ3v) is 8.89. The van der Waals surface area contributed by atoms with E-state index in [0.717, 1.165) is 45.1 Å². The molecule has 0 aromatic carbocycles. The Morgan fingerprint density at radius 3 is 1.31 bits per heavy atom. The van der Waals surface area contributed by atoms with Crippen molar-refractivity contribution in [2.24, 2.45) is 11.8 Å². The summed E-state index contributed by atoms with van der Waals surface area (Å²) in [5, 5.41) is 11.4. The Balaban J connectivity index is -0.000000827. The lowest BCUT2D eigenvalue weighted by molar-refractivity contribution is -0.840. The maximum absolute atomic E-state index is 11.9. The SMILES string of the molecule is C.CCCCCCC(CCCC)COC(=O)CCCCCN(C)C.CCCCCCC(CCCC)COC(=O)CCCCC[N+](C)(C)[O-]. The van der Waals surface area contributed by atoms with Crippen molar-refractivity contribution in [1.29, 1.82) is 0 Å². The Kier molecular flexibility index (Phi) is 39.6. The summed E-state index contributed by atoms with van der Waals surface area (Å²) in [6.07, 6.45) is 26.9. The fourth-order valence-corrected chi connectivity index (χ4v) is 5.71. The summed E-state index contributed by atoms with van der Waals surface area (Å²) in [4.78, 5) is 25.9. The third-order valence-electron chi connectivity index (χ3n) is 8.89. The summed E-state index contributed by atoms with van der Waals surface area (Å²) in [5.74, 6) is 1.04. The van der Waals surface area contributed by atoms with Crippen molar-refractivity contribution in [3.05, 3.63) is 5.21 Å². The fourth-order valence-electron chi connectivity index (χ4n) is 5.71. The topological polar surface area (TPSA) is 78.9 Å². The molecular weight excluding hydrogens is 600 g/mol. The minimum Gasteiger partial charge on any atom is -0.633 e. The van der Waals surface area contributed by atoms with Crippen LogP contribution in [0.4, 0.5) is 0 Å². The Hall–Kier alpha value is -1.18. The predicted molar refractivity (Wildman–Crippen MR) is 208 cm³/mol. The van der Waals surface area contributed by atoms with Crippen molar-refractivity contribution in [2.45, 2.75) is 189 Å². The Morgan fingerprint density at radius 2 is 0.938 bits per heavy atom. The second-order valence-electron chi connectivity index (χ2n) is 14.8. The fraction of sp³-hybridized carbons (Fsp3) is 0.951. The first-order chi connectivity index (χ1) is 22.5. The second-order valence-corrected chi connectivity index (χ2v) is 14.8. The molecule has 0 aliphatic heterocycles. The maximum Gasteiger partial charge on any atom is 0.305 e. The number of ether oxygens (including phenoxy) is 2. The zero-order chi connectivity index (χ0) is 35.6. The lowest BCUT2D eigenvalue weighted by Gasteiger charge is -2.33. The number of hydrogen-bond donors (Lipinski definition) is 0. The number of unbranched alkanes of at least 4 members (excludes halogenated alkanes) is 12. The summed E-state index contributed by atoms with van der Waals surface area (Å²) in [6.45, 7) is 11.9. The zero-order valence-corrected chi connectivity index (χ0v) is 32.9. The molecule has 0 spiro atoms. The van der Waals surface area contributed by atoms with Crippen LogP contribution in [0.25, 0.3) is 0 Å². The zero-order valence-electron chi connectivity index (χ0n) is 32.9. The number of rotatable bonds is 32. The molecule has 7 nitrogen and oxygen atoms in total. The van der Waals surface area contributed by atoms with Crippen LogP contribution in [0.2, 0.25) is 0 Å². The van der Waals surface area contributed by atoms with Crippen molar-refractivity contribution in [3.8, 4) is 0 Å². The number of carbonyl (C=O) groups excluding carboxylic acids is 2. The number of nitrogens with zero attached hydrogens (tertiary/aromatic N) is 2. The molecule has 0 aromatic heterocycles. The normalized spacial score (nSPS) is 12.5. The number of quaternary nitrogens is 1. The van der Waals surface area contributed by atoms with Gasteiger partial charge in [-0.15, -0.1) is 0 Å². The molecule has 0 radical (unpaired) electrons. The van der Waals surface area contributed by atoms with Gasteiger partial charge in [-0.2, -0.15) is 0 Å². The van der Waals surface area contributed by atoms with Crippen LogP contribution in [-0.4, -0.2) is 76.0 Å². The molecule has 0 amide bonds. The second kappa shape index (κ2) is 37.1. The van der Waals surface area contributed by atoms with Crippen molar-refractivity contribution in [1.82, 2.24) is 4.90 Å². The van der Waals surface area contributed by atoms with Crippen LogP contribution in [0.15, 0.2) is 0 Å². The van der Waals surface area contributed by atoms with E-state index in [-0.39, 0.29) is 24.0 Å². The average Bonchev–Trinajstić information content (AvgIpc) is 3.02. The minimum absolute atomic E-state index is 0. The van der Waals surface area contributed by atoms with Gasteiger partial charge in [-0.3, -0.25) is 9.59 Å². The molecule has 7 heteroatoms. The third kappa shape index (κ3) is 41.0. The lowest BCUT2D eigenvalue weighted by Crippen LogP contribution is -2.32. The highest BCUT2D eigenvalue weighted by Gasteiger charge is 2.13. The van der Waals surface area contributed by atoms with E-state index in [9.17, 15) is 14.8 Å². The van der Waals surface area contributed by atoms with E-state index >= 15 is 0 Å². The Labute approximate surface area is 300 Å². The standard InChI is InChI=1S/C20H41NO3.C20H41NO2.CH4/c1-5-7-9-11-15-19(14-8-6-2)18-24-20(22)16-12-10-13-17-21(3,4)23;1-5-7-9-11-15-19(14-8-6-2)18-23-20(22)16-12-10-13-17-21(3)4;/h19H,5-18H2,1-4H3;19H,5-18H2,1-4H3;1H4. The first-order valence-electron chi connectivity index (χ1n) is 20.0. The van der Waals surface area contributed by atoms with Gasteiger partial charge < -0.3 is 24.2 Å². The van der Waals surface area contributed by atoms with Gasteiger partial charge in [0.25, 0.3) is 0 Å². The highest BCUT2D eigenvalue weighted by Crippen LogP contribution is 2.19. The number of hydrogen-bond acceptors (Lipinski definition) is 6. The van der Waals surface area contributed by atoms with Gasteiger partial charge in [0.15, 0.2) is 0 Å². The minimum atomic E-state index is -0.248. The van der Waals surface area contributed by atoms with Gasteiger partial charge in [-0.1, -0.05) is 119 Å². The van der Waals surface area contributed by atoms with E-state index in [4.69, 9.17) is 9.47 Å². The summed E-state index contributed by atoms with van der Waals surface area (Å²) in [7, 11) is 7.49. The molecule has 0 N–H and O–H groups in total. The first-order valence-corrected chi connectivity index (χ1v) is 20.0. The highest BCUT2D eigenvalue weighted by molar-refractivity contribution is 5.69. The van der Waals surface area contributed by atoms with E-state index < -0.39 is 0 Å². The van der Waals surface area contributed by atoms with Gasteiger partial charge in [-0.05, 0) is 90.3 Å². The van der Waals surface area contributed by atoms with Gasteiger partial charge in [0.2, 0.25) is 0 Å². The molecule has 48 heavy (non-hydrogen) atoms. The van der Waals surface area contributed by atoms with E-state index in [2.05, 4.69) is 46.7 Å². The van der Waals surface area contributed by atoms with Gasteiger partial charge in [-0.25, -0.2) is 0 Å². The van der Waals surface area contributed by atoms with E-state index in [1.165, 1.54) is 103 Å². The van der Waals surface area contributed by atoms with Crippen LogP contribution < -0.4 is 0 Å². The number of esters is 2. The van der Waals surface area contributed by atoms with E-state index in [1.54, 1.807) is 14.1 Å². The monoisotopic (exact) mass is 687 g/mol. The molecule has 0 saturated carbocycles. The van der Waals surface area contributed by atoms with Gasteiger partial charge in [0, 0.05) is 12.8 Å². The van der Waals surface area contributed by atoms with Crippen molar-refractivity contribution < 1.29 is 23.7 Å². The highest BCUT2D eigenvalue weighted by atomic mass is 16.5. The van der Waals surface area contributed by atoms with Gasteiger partial charge >= 0.3 is 11.9 Å². The van der Waals surface area contributed by atoms with Crippen molar-refractivity contribution in [3.63, 3.8) is 0 Å². The van der Waals surface area contributed by atoms with Crippen LogP contribution in [0.5, 0.6) is 0 Å². The van der Waals surface area contributed by atoms with Crippen LogP contribution in [0, 0.1) is 17.0 Å². The molecule has 0 bridgehead atoms. The lowest BCUT2D eigenvalue weighted by atomic mass is 9.96. The first kappa shape index (κ1) is 51.2. The summed E-state index contributed by atoms with van der Waals surface area (Å²) in [6, 6.07) is 0. The molecule has 0 aromatic rings. The van der Waals surface area contributed by atoms with Crippen LogP contribution in [0.3, 0.4) is 0 Å². The Bertz CT molecular complexity index is 680. The summed E-state index contributed by atoms with van der Waals surface area (Å²) >= 11 is 0. The van der Waals surface area contributed by atoms with Crippen LogP contribution in [0.1, 0.15) is 189 Å². The molecule has 0 aliphatic rings. The largest absolute Gasteiger partial charge is 0.633 e. The quantitative estimate of drug-likeness (QED) is 0.0303. The van der Waals surface area contributed by atoms with E-state index in [1.807, 2.05) is 0 Å². The molecule has 0 fully saturated rings. The molecular formula is C41H86N2O5. The van der Waals surface area contributed by atoms with Crippen molar-refractivity contribution >= 4 is 11.9 Å². The molecule has 0 saturated heterocycles. The average molecular weight is 687 g/mol. The molecule has 2 atom stereocenters. The Morgan fingerprint density at radius 1 is 0.562 bits per heavy atom. The molecule has 0 heterocycles. The van der Waals surface area contributed by atoms with Crippen molar-refractivity contribution in [2.75, 3.05) is 54.5 Å². The molecule has 0 aliphatic carbocycles. The number of carbonyl (C=O) groups is 2.